The number of aryl methyl sites for hydroxylation is 1. The highest BCUT2D eigenvalue weighted by atomic mass is 16.5. The standard InChI is InChI=1S/C27H22N4O3/c1-16-7-6-10-21(17(16)2)33-14-23-29-26-25-24(18-8-4-3-5-9-18)20-12-11-19(32)13-22(20)34-27(25)28-15-31(26)30-23/h3-13,15,24,32H,14H2,1-2H3/t24-/m0/s1. The van der Waals surface area contributed by atoms with Gasteiger partial charge in [-0.25, -0.2) is 14.5 Å². The van der Waals surface area contributed by atoms with E-state index in [4.69, 9.17) is 14.5 Å². The Labute approximate surface area is 196 Å². The van der Waals surface area contributed by atoms with Crippen LogP contribution in [0.15, 0.2) is 73.1 Å². The van der Waals surface area contributed by atoms with Gasteiger partial charge in [-0.2, -0.15) is 0 Å². The lowest BCUT2D eigenvalue weighted by Crippen LogP contribution is -2.14. The molecule has 0 bridgehead atoms. The largest absolute Gasteiger partial charge is 0.508 e. The Balaban J connectivity index is 1.45. The second-order valence-corrected chi connectivity index (χ2v) is 8.41. The van der Waals surface area contributed by atoms with Gasteiger partial charge in [-0.1, -0.05) is 48.5 Å². The fraction of sp³-hybridized carbons (Fsp3) is 0.148. The number of fused-ring (bicyclic) bond motifs is 4. The monoisotopic (exact) mass is 450 g/mol. The van der Waals surface area contributed by atoms with Gasteiger partial charge >= 0.3 is 0 Å². The molecule has 7 nitrogen and oxygen atoms in total. The summed E-state index contributed by atoms with van der Waals surface area (Å²) in [5.74, 6) is 2.37. The first-order valence-corrected chi connectivity index (χ1v) is 11.1. The van der Waals surface area contributed by atoms with Crippen LogP contribution in [0.25, 0.3) is 5.65 Å². The van der Waals surface area contributed by atoms with E-state index < -0.39 is 0 Å². The van der Waals surface area contributed by atoms with Crippen LogP contribution < -0.4 is 9.47 Å². The van der Waals surface area contributed by atoms with Crippen molar-refractivity contribution < 1.29 is 14.6 Å². The number of ether oxygens (including phenoxy) is 2. The average molecular weight is 450 g/mol. The van der Waals surface area contributed by atoms with Crippen LogP contribution >= 0.6 is 0 Å². The van der Waals surface area contributed by atoms with Crippen LogP contribution in [0.1, 0.15) is 39.6 Å². The summed E-state index contributed by atoms with van der Waals surface area (Å²) < 4.78 is 13.8. The molecule has 0 radical (unpaired) electrons. The van der Waals surface area contributed by atoms with Crippen LogP contribution in [0, 0.1) is 13.8 Å². The number of nitrogens with zero attached hydrogens (tertiary/aromatic N) is 4. The first-order chi connectivity index (χ1) is 16.6. The summed E-state index contributed by atoms with van der Waals surface area (Å²) in [6, 6.07) is 21.3. The summed E-state index contributed by atoms with van der Waals surface area (Å²) in [4.78, 5) is 9.34. The lowest BCUT2D eigenvalue weighted by molar-refractivity contribution is 0.294. The first-order valence-electron chi connectivity index (χ1n) is 11.1. The normalized spacial score (nSPS) is 14.4. The molecule has 7 heteroatoms. The van der Waals surface area contributed by atoms with Gasteiger partial charge in [0.05, 0.1) is 5.56 Å². The van der Waals surface area contributed by atoms with E-state index in [-0.39, 0.29) is 18.3 Å². The number of hydrogen-bond acceptors (Lipinski definition) is 6. The highest BCUT2D eigenvalue weighted by Gasteiger charge is 2.33. The number of rotatable bonds is 4. The van der Waals surface area contributed by atoms with Crippen molar-refractivity contribution in [2.75, 3.05) is 0 Å². The third-order valence-electron chi connectivity index (χ3n) is 6.28. The van der Waals surface area contributed by atoms with Crippen molar-refractivity contribution in [1.29, 1.82) is 0 Å². The van der Waals surface area contributed by atoms with E-state index in [1.54, 1.807) is 23.0 Å². The predicted octanol–water partition coefficient (Wildman–Crippen LogP) is 5.31. The Kier molecular flexibility index (Phi) is 4.69. The molecule has 6 rings (SSSR count). The minimum atomic E-state index is -0.172. The zero-order valence-corrected chi connectivity index (χ0v) is 18.8. The number of aromatic nitrogens is 4. The maximum Gasteiger partial charge on any atom is 0.228 e. The maximum atomic E-state index is 10.0. The Morgan fingerprint density at radius 2 is 1.88 bits per heavy atom. The van der Waals surface area contributed by atoms with Crippen LogP contribution in [0.3, 0.4) is 0 Å². The summed E-state index contributed by atoms with van der Waals surface area (Å²) in [6.45, 7) is 4.34. The number of hydrogen-bond donors (Lipinski definition) is 1. The fourth-order valence-corrected chi connectivity index (χ4v) is 4.42. The Bertz CT molecular complexity index is 1530. The van der Waals surface area contributed by atoms with Crippen LogP contribution in [0.4, 0.5) is 0 Å². The SMILES string of the molecule is Cc1cccc(OCc2nc3c4c(ncn3n2)Oc2cc(O)ccc2[C@@H]4c2ccccc2)c1C. The molecule has 1 aliphatic rings. The summed E-state index contributed by atoms with van der Waals surface area (Å²) >= 11 is 0. The number of aromatic hydroxyl groups is 1. The molecule has 0 spiro atoms. The molecule has 0 amide bonds. The van der Waals surface area contributed by atoms with Crippen molar-refractivity contribution >= 4 is 5.65 Å². The quantitative estimate of drug-likeness (QED) is 0.392. The molecule has 3 heterocycles. The molecule has 3 aromatic carbocycles. The summed E-state index contributed by atoms with van der Waals surface area (Å²) in [5.41, 5.74) is 5.77. The van der Waals surface area contributed by atoms with Crippen LogP contribution in [0.2, 0.25) is 0 Å². The third-order valence-corrected chi connectivity index (χ3v) is 6.28. The van der Waals surface area contributed by atoms with Gasteiger partial charge in [-0.05, 0) is 42.7 Å². The minimum absolute atomic E-state index is 0.142. The molecule has 1 atom stereocenters. The summed E-state index contributed by atoms with van der Waals surface area (Å²) in [7, 11) is 0. The van der Waals surface area contributed by atoms with E-state index in [0.29, 0.717) is 23.1 Å². The number of phenolic OH excluding ortho intramolecular Hbond substituents is 1. The minimum Gasteiger partial charge on any atom is -0.508 e. The van der Waals surface area contributed by atoms with E-state index in [9.17, 15) is 5.11 Å². The molecule has 0 saturated carbocycles. The molecule has 1 aliphatic heterocycles. The third kappa shape index (κ3) is 3.33. The predicted molar refractivity (Wildman–Crippen MR) is 127 cm³/mol. The molecule has 0 aliphatic carbocycles. The first kappa shape index (κ1) is 20.2. The molecule has 0 fully saturated rings. The van der Waals surface area contributed by atoms with Gasteiger partial charge in [0.15, 0.2) is 11.5 Å². The lowest BCUT2D eigenvalue weighted by atomic mass is 9.84. The van der Waals surface area contributed by atoms with Gasteiger partial charge in [0.1, 0.15) is 30.2 Å². The molecule has 34 heavy (non-hydrogen) atoms. The zero-order chi connectivity index (χ0) is 23.2. The van der Waals surface area contributed by atoms with Gasteiger partial charge in [-0.15, -0.1) is 5.10 Å². The van der Waals surface area contributed by atoms with Crippen molar-refractivity contribution in [2.24, 2.45) is 0 Å². The number of phenols is 1. The summed E-state index contributed by atoms with van der Waals surface area (Å²) in [6.07, 6.45) is 1.60. The molecule has 2 aromatic heterocycles. The summed E-state index contributed by atoms with van der Waals surface area (Å²) in [5, 5.41) is 14.6. The second kappa shape index (κ2) is 7.88. The molecule has 168 valence electrons. The van der Waals surface area contributed by atoms with Crippen LogP contribution in [-0.4, -0.2) is 24.7 Å². The number of benzene rings is 3. The van der Waals surface area contributed by atoms with Crippen LogP contribution in [-0.2, 0) is 6.61 Å². The lowest BCUT2D eigenvalue weighted by Gasteiger charge is -2.27. The molecule has 0 unspecified atom stereocenters. The molecule has 5 aromatic rings. The highest BCUT2D eigenvalue weighted by molar-refractivity contribution is 5.66. The van der Waals surface area contributed by atoms with Gasteiger partial charge < -0.3 is 14.6 Å². The van der Waals surface area contributed by atoms with E-state index in [1.165, 1.54) is 5.56 Å². The van der Waals surface area contributed by atoms with E-state index in [0.717, 1.165) is 28.0 Å². The molecular weight excluding hydrogens is 428 g/mol. The molecule has 1 N–H and O–H groups in total. The van der Waals surface area contributed by atoms with Gasteiger partial charge in [-0.3, -0.25) is 0 Å². The molecular formula is C27H22N4O3. The van der Waals surface area contributed by atoms with Crippen LogP contribution in [0.5, 0.6) is 23.1 Å². The highest BCUT2D eigenvalue weighted by Crippen LogP contribution is 2.48. The van der Waals surface area contributed by atoms with Gasteiger partial charge in [0, 0.05) is 17.5 Å². The van der Waals surface area contributed by atoms with E-state index in [1.807, 2.05) is 43.3 Å². The maximum absolute atomic E-state index is 10.0. The Morgan fingerprint density at radius 3 is 2.74 bits per heavy atom. The van der Waals surface area contributed by atoms with Gasteiger partial charge in [0.25, 0.3) is 0 Å². The fourth-order valence-electron chi connectivity index (χ4n) is 4.42. The Morgan fingerprint density at radius 1 is 1.03 bits per heavy atom. The Hall–Kier alpha value is -4.39. The molecule has 0 saturated heterocycles. The van der Waals surface area contributed by atoms with Crippen molar-refractivity contribution in [3.8, 4) is 23.1 Å². The average Bonchev–Trinajstić information content (AvgIpc) is 3.27. The smallest absolute Gasteiger partial charge is 0.228 e. The van der Waals surface area contributed by atoms with E-state index >= 15 is 0 Å². The van der Waals surface area contributed by atoms with Crippen molar-refractivity contribution in [2.45, 2.75) is 26.4 Å². The van der Waals surface area contributed by atoms with Crippen molar-refractivity contribution in [1.82, 2.24) is 19.6 Å². The van der Waals surface area contributed by atoms with E-state index in [2.05, 4.69) is 35.2 Å². The van der Waals surface area contributed by atoms with Gasteiger partial charge in [0.2, 0.25) is 5.88 Å². The van der Waals surface area contributed by atoms with Crippen molar-refractivity contribution in [3.05, 3.63) is 107 Å². The topological polar surface area (TPSA) is 81.8 Å². The second-order valence-electron chi connectivity index (χ2n) is 8.41. The zero-order valence-electron chi connectivity index (χ0n) is 18.8. The van der Waals surface area contributed by atoms with Crippen molar-refractivity contribution in [3.63, 3.8) is 0 Å².